The molecule has 0 saturated carbocycles. The van der Waals surface area contributed by atoms with Gasteiger partial charge in [0.15, 0.2) is 6.61 Å². The van der Waals surface area contributed by atoms with Crippen molar-refractivity contribution in [2.24, 2.45) is 0 Å². The van der Waals surface area contributed by atoms with Crippen LogP contribution < -0.4 is 15.4 Å². The summed E-state index contributed by atoms with van der Waals surface area (Å²) < 4.78 is 5.43. The Morgan fingerprint density at radius 3 is 2.52 bits per heavy atom. The largest absolute Gasteiger partial charge is 0.484 e. The lowest BCUT2D eigenvalue weighted by Gasteiger charge is -2.18. The third kappa shape index (κ3) is 7.53. The molecule has 0 aliphatic heterocycles. The molecule has 0 fully saturated rings. The summed E-state index contributed by atoms with van der Waals surface area (Å²) >= 11 is 7.73. The number of benzene rings is 2. The molecule has 1 atom stereocenters. The van der Waals surface area contributed by atoms with E-state index in [4.69, 9.17) is 16.3 Å². The zero-order chi connectivity index (χ0) is 19.5. The van der Waals surface area contributed by atoms with Crippen molar-refractivity contribution in [1.29, 1.82) is 0 Å². The summed E-state index contributed by atoms with van der Waals surface area (Å²) in [7, 11) is 0. The minimum absolute atomic E-state index is 0.141. The topological polar surface area (TPSA) is 67.4 Å². The average Bonchev–Trinajstić information content (AvgIpc) is 2.69. The normalized spacial score (nSPS) is 11.5. The van der Waals surface area contributed by atoms with Crippen molar-refractivity contribution < 1.29 is 14.3 Å². The first-order valence-electron chi connectivity index (χ1n) is 8.57. The number of hydrogen-bond donors (Lipinski definition) is 2. The average molecular weight is 407 g/mol. The molecule has 2 aromatic rings. The fourth-order valence-electron chi connectivity index (χ4n) is 2.35. The number of thioether (sulfide) groups is 1. The number of carbonyl (C=O) groups excluding carboxylic acids is 2. The predicted molar refractivity (Wildman–Crippen MR) is 110 cm³/mol. The van der Waals surface area contributed by atoms with Gasteiger partial charge in [0.1, 0.15) is 11.8 Å². The Morgan fingerprint density at radius 1 is 1.11 bits per heavy atom. The summed E-state index contributed by atoms with van der Waals surface area (Å²) in [5, 5.41) is 6.19. The molecular weight excluding hydrogens is 384 g/mol. The molecule has 0 radical (unpaired) electrons. The molecule has 144 valence electrons. The monoisotopic (exact) mass is 406 g/mol. The number of rotatable bonds is 10. The first kappa shape index (κ1) is 21.1. The molecule has 2 amide bonds. The molecule has 2 rings (SSSR count). The smallest absolute Gasteiger partial charge is 0.258 e. The lowest BCUT2D eigenvalue weighted by atomic mass is 10.2. The van der Waals surface area contributed by atoms with E-state index in [1.54, 1.807) is 30.0 Å². The van der Waals surface area contributed by atoms with Crippen LogP contribution in [-0.2, 0) is 16.1 Å². The van der Waals surface area contributed by atoms with E-state index in [1.165, 1.54) is 0 Å². The van der Waals surface area contributed by atoms with E-state index in [2.05, 4.69) is 10.6 Å². The van der Waals surface area contributed by atoms with Crippen molar-refractivity contribution >= 4 is 35.2 Å². The molecule has 0 spiro atoms. The first-order valence-corrected chi connectivity index (χ1v) is 10.3. The molecule has 2 aromatic carbocycles. The number of hydrogen-bond acceptors (Lipinski definition) is 4. The second-order valence-electron chi connectivity index (χ2n) is 5.81. The Bertz CT molecular complexity index is 743. The third-order valence-corrected chi connectivity index (χ3v) is 4.80. The van der Waals surface area contributed by atoms with Crippen LogP contribution in [0.15, 0.2) is 54.6 Å². The van der Waals surface area contributed by atoms with E-state index in [0.717, 1.165) is 11.3 Å². The molecule has 0 heterocycles. The highest BCUT2D eigenvalue weighted by molar-refractivity contribution is 7.98. The Labute approximate surface area is 168 Å². The van der Waals surface area contributed by atoms with Crippen molar-refractivity contribution in [2.75, 3.05) is 18.6 Å². The van der Waals surface area contributed by atoms with Gasteiger partial charge in [0.05, 0.1) is 0 Å². The Hall–Kier alpha value is -2.18. The first-order chi connectivity index (χ1) is 13.1. The van der Waals surface area contributed by atoms with Gasteiger partial charge >= 0.3 is 0 Å². The van der Waals surface area contributed by atoms with Gasteiger partial charge in [0.2, 0.25) is 5.91 Å². The number of nitrogens with one attached hydrogen (secondary N) is 2. The molecule has 7 heteroatoms. The highest BCUT2D eigenvalue weighted by Crippen LogP contribution is 2.14. The van der Waals surface area contributed by atoms with Crippen LogP contribution in [-0.4, -0.2) is 36.5 Å². The molecule has 0 aliphatic carbocycles. The third-order valence-electron chi connectivity index (χ3n) is 3.79. The van der Waals surface area contributed by atoms with Crippen LogP contribution in [0, 0.1) is 0 Å². The Balaban J connectivity index is 1.87. The van der Waals surface area contributed by atoms with Crippen LogP contribution >= 0.6 is 23.4 Å². The lowest BCUT2D eigenvalue weighted by molar-refractivity contribution is -0.130. The quantitative estimate of drug-likeness (QED) is 0.635. The number of para-hydroxylation sites is 1. The molecule has 0 aromatic heterocycles. The van der Waals surface area contributed by atoms with E-state index in [9.17, 15) is 9.59 Å². The summed E-state index contributed by atoms with van der Waals surface area (Å²) in [6, 6.07) is 15.8. The number of amides is 2. The van der Waals surface area contributed by atoms with Crippen molar-refractivity contribution in [1.82, 2.24) is 10.6 Å². The molecule has 27 heavy (non-hydrogen) atoms. The van der Waals surface area contributed by atoms with Crippen molar-refractivity contribution in [3.8, 4) is 5.75 Å². The summed E-state index contributed by atoms with van der Waals surface area (Å²) in [6.45, 7) is 0.169. The van der Waals surface area contributed by atoms with Gasteiger partial charge in [-0.25, -0.2) is 0 Å². The van der Waals surface area contributed by atoms with Gasteiger partial charge in [-0.2, -0.15) is 11.8 Å². The number of halogens is 1. The predicted octanol–water partition coefficient (Wildman–Crippen LogP) is 3.27. The molecule has 0 saturated heterocycles. The summed E-state index contributed by atoms with van der Waals surface area (Å²) in [6.07, 6.45) is 2.49. The SMILES string of the molecule is CSCC[C@@H](NC(=O)COc1ccccc1)C(=O)NCc1ccccc1Cl. The van der Waals surface area contributed by atoms with Gasteiger partial charge in [0, 0.05) is 11.6 Å². The maximum Gasteiger partial charge on any atom is 0.258 e. The minimum Gasteiger partial charge on any atom is -0.484 e. The molecule has 2 N–H and O–H groups in total. The van der Waals surface area contributed by atoms with Crippen molar-refractivity contribution in [2.45, 2.75) is 19.0 Å². The second kappa shape index (κ2) is 11.5. The second-order valence-corrected chi connectivity index (χ2v) is 7.21. The van der Waals surface area contributed by atoms with Gasteiger partial charge in [0.25, 0.3) is 5.91 Å². The van der Waals surface area contributed by atoms with Gasteiger partial charge in [-0.3, -0.25) is 9.59 Å². The van der Waals surface area contributed by atoms with Gasteiger partial charge < -0.3 is 15.4 Å². The molecular formula is C20H23ClN2O3S. The molecule has 0 aliphatic rings. The zero-order valence-electron chi connectivity index (χ0n) is 15.1. The van der Waals surface area contributed by atoms with Crippen LogP contribution in [0.5, 0.6) is 5.75 Å². The Morgan fingerprint density at radius 2 is 1.81 bits per heavy atom. The number of ether oxygens (including phenoxy) is 1. The molecule has 0 bridgehead atoms. The van der Waals surface area contributed by atoms with Crippen LogP contribution in [0.25, 0.3) is 0 Å². The van der Waals surface area contributed by atoms with Crippen LogP contribution in [0.1, 0.15) is 12.0 Å². The maximum atomic E-state index is 12.5. The van der Waals surface area contributed by atoms with E-state index in [-0.39, 0.29) is 18.4 Å². The standard InChI is InChI=1S/C20H23ClN2O3S/c1-27-12-11-18(20(25)22-13-15-7-5-6-10-17(15)21)23-19(24)14-26-16-8-3-2-4-9-16/h2-10,18H,11-14H2,1H3,(H,22,25)(H,23,24)/t18-/m1/s1. The van der Waals surface area contributed by atoms with Crippen LogP contribution in [0.2, 0.25) is 5.02 Å². The van der Waals surface area contributed by atoms with E-state index < -0.39 is 6.04 Å². The van der Waals surface area contributed by atoms with Crippen molar-refractivity contribution in [3.05, 3.63) is 65.2 Å². The maximum absolute atomic E-state index is 12.5. The van der Waals surface area contributed by atoms with Gasteiger partial charge in [-0.15, -0.1) is 0 Å². The summed E-state index contributed by atoms with van der Waals surface area (Å²) in [4.78, 5) is 24.7. The van der Waals surface area contributed by atoms with Crippen LogP contribution in [0.3, 0.4) is 0 Å². The molecule has 0 unspecified atom stereocenters. The fraction of sp³-hybridized carbons (Fsp3) is 0.300. The minimum atomic E-state index is -0.619. The number of carbonyl (C=O) groups is 2. The summed E-state index contributed by atoms with van der Waals surface area (Å²) in [5.74, 6) is 0.788. The highest BCUT2D eigenvalue weighted by Gasteiger charge is 2.20. The highest BCUT2D eigenvalue weighted by atomic mass is 35.5. The lowest BCUT2D eigenvalue weighted by Crippen LogP contribution is -2.48. The van der Waals surface area contributed by atoms with E-state index >= 15 is 0 Å². The van der Waals surface area contributed by atoms with Gasteiger partial charge in [-0.05, 0) is 42.2 Å². The Kier molecular flexibility index (Phi) is 9.01. The van der Waals surface area contributed by atoms with Crippen LogP contribution in [0.4, 0.5) is 0 Å². The molecule has 5 nitrogen and oxygen atoms in total. The zero-order valence-corrected chi connectivity index (χ0v) is 16.7. The fourth-order valence-corrected chi connectivity index (χ4v) is 3.03. The van der Waals surface area contributed by atoms with Crippen molar-refractivity contribution in [3.63, 3.8) is 0 Å². The summed E-state index contributed by atoms with van der Waals surface area (Å²) in [5.41, 5.74) is 0.829. The van der Waals surface area contributed by atoms with E-state index in [0.29, 0.717) is 23.7 Å². The van der Waals surface area contributed by atoms with E-state index in [1.807, 2.05) is 42.7 Å². The van der Waals surface area contributed by atoms with Gasteiger partial charge in [-0.1, -0.05) is 48.0 Å².